The van der Waals surface area contributed by atoms with Gasteiger partial charge in [0.15, 0.2) is 0 Å². The number of halogens is 2. The molecule has 4 nitrogen and oxygen atoms in total. The van der Waals surface area contributed by atoms with Crippen molar-refractivity contribution < 1.29 is 8.42 Å². The Morgan fingerprint density at radius 2 is 2.11 bits per heavy atom. The highest BCUT2D eigenvalue weighted by molar-refractivity contribution is 9.11. The quantitative estimate of drug-likeness (QED) is 0.840. The van der Waals surface area contributed by atoms with Crippen molar-refractivity contribution in [1.82, 2.24) is 9.71 Å². The third-order valence-corrected chi connectivity index (χ3v) is 5.73. The molecule has 0 aliphatic rings. The van der Waals surface area contributed by atoms with E-state index in [1.54, 1.807) is 29.8 Å². The lowest BCUT2D eigenvalue weighted by Gasteiger charge is -2.07. The number of aromatic nitrogens is 1. The fourth-order valence-electron chi connectivity index (χ4n) is 1.27. The van der Waals surface area contributed by atoms with Crippen molar-refractivity contribution in [2.24, 2.45) is 0 Å². The van der Waals surface area contributed by atoms with E-state index >= 15 is 0 Å². The van der Waals surface area contributed by atoms with Gasteiger partial charge in [-0.1, -0.05) is 15.9 Å². The van der Waals surface area contributed by atoms with Crippen molar-refractivity contribution in [3.8, 4) is 0 Å². The van der Waals surface area contributed by atoms with Gasteiger partial charge in [0, 0.05) is 20.5 Å². The molecule has 1 N–H and O–H groups in total. The normalized spacial score (nSPS) is 11.7. The van der Waals surface area contributed by atoms with Crippen LogP contribution in [0.2, 0.25) is 0 Å². The Labute approximate surface area is 126 Å². The Balaban J connectivity index is 2.20. The van der Waals surface area contributed by atoms with Crippen molar-refractivity contribution in [3.63, 3.8) is 0 Å². The molecule has 8 heteroatoms. The Kier molecular flexibility index (Phi) is 4.54. The molecule has 0 aliphatic heterocycles. The monoisotopic (exact) mass is 410 g/mol. The van der Waals surface area contributed by atoms with Crippen molar-refractivity contribution in [3.05, 3.63) is 43.7 Å². The molecule has 0 saturated heterocycles. The van der Waals surface area contributed by atoms with Crippen molar-refractivity contribution in [1.29, 1.82) is 0 Å². The SMILES string of the molecule is O=S(=O)(NCc1nccs1)c1ccc(Br)cc1Br. The number of benzene rings is 1. The molecule has 0 amide bonds. The molecule has 1 heterocycles. The maximum atomic E-state index is 12.1. The standard InChI is InChI=1S/C10H8Br2N2O2S2/c11-7-1-2-9(8(12)5-7)18(15,16)14-6-10-13-3-4-17-10/h1-5,14H,6H2. The van der Waals surface area contributed by atoms with E-state index in [9.17, 15) is 8.42 Å². The zero-order valence-corrected chi connectivity index (χ0v) is 13.7. The van der Waals surface area contributed by atoms with Crippen LogP contribution >= 0.6 is 43.2 Å². The second-order valence-corrected chi connectivity index (χ2v) is 7.81. The first-order valence-corrected chi connectivity index (χ1v) is 8.77. The Morgan fingerprint density at radius 1 is 1.33 bits per heavy atom. The lowest BCUT2D eigenvalue weighted by molar-refractivity contribution is 0.580. The number of thiazole rings is 1. The van der Waals surface area contributed by atoms with E-state index in [2.05, 4.69) is 41.6 Å². The fraction of sp³-hybridized carbons (Fsp3) is 0.100. The fourth-order valence-corrected chi connectivity index (χ4v) is 4.65. The first-order valence-electron chi connectivity index (χ1n) is 4.82. The molecule has 0 fully saturated rings. The van der Waals surface area contributed by atoms with Crippen molar-refractivity contribution in [2.75, 3.05) is 0 Å². The first-order chi connectivity index (χ1) is 8.49. The molecular formula is C10H8Br2N2O2S2. The lowest BCUT2D eigenvalue weighted by atomic mass is 10.4. The van der Waals surface area contributed by atoms with Gasteiger partial charge in [-0.15, -0.1) is 11.3 Å². The molecule has 96 valence electrons. The van der Waals surface area contributed by atoms with Gasteiger partial charge < -0.3 is 0 Å². The molecule has 0 spiro atoms. The molecule has 18 heavy (non-hydrogen) atoms. The number of nitrogens with zero attached hydrogens (tertiary/aromatic N) is 1. The summed E-state index contributed by atoms with van der Waals surface area (Å²) in [5.41, 5.74) is 0. The molecular weight excluding hydrogens is 404 g/mol. The van der Waals surface area contributed by atoms with Crippen LogP contribution in [0.4, 0.5) is 0 Å². The highest BCUT2D eigenvalue weighted by atomic mass is 79.9. The molecule has 1 aromatic carbocycles. The van der Waals surface area contributed by atoms with Crippen LogP contribution in [-0.4, -0.2) is 13.4 Å². The van der Waals surface area contributed by atoms with Crippen LogP contribution in [0.15, 0.2) is 43.6 Å². The molecule has 0 saturated carbocycles. The third-order valence-electron chi connectivity index (χ3n) is 2.08. The Bertz CT molecular complexity index is 642. The number of hydrogen-bond donors (Lipinski definition) is 1. The summed E-state index contributed by atoms with van der Waals surface area (Å²) in [4.78, 5) is 4.23. The van der Waals surface area contributed by atoms with Crippen LogP contribution in [0.3, 0.4) is 0 Å². The van der Waals surface area contributed by atoms with Crippen LogP contribution in [0.5, 0.6) is 0 Å². The van der Waals surface area contributed by atoms with Gasteiger partial charge in [-0.25, -0.2) is 18.1 Å². The largest absolute Gasteiger partial charge is 0.248 e. The van der Waals surface area contributed by atoms with E-state index in [4.69, 9.17) is 0 Å². The van der Waals surface area contributed by atoms with Gasteiger partial charge in [-0.3, -0.25) is 0 Å². The summed E-state index contributed by atoms with van der Waals surface area (Å²) in [6, 6.07) is 4.92. The van der Waals surface area contributed by atoms with E-state index < -0.39 is 10.0 Å². The summed E-state index contributed by atoms with van der Waals surface area (Å²) in [5.74, 6) is 0. The van der Waals surface area contributed by atoms with E-state index in [-0.39, 0.29) is 11.4 Å². The Hall–Kier alpha value is -0.280. The van der Waals surface area contributed by atoms with Gasteiger partial charge in [0.2, 0.25) is 10.0 Å². The summed E-state index contributed by atoms with van der Waals surface area (Å²) in [5, 5.41) is 2.53. The van der Waals surface area contributed by atoms with Gasteiger partial charge in [-0.2, -0.15) is 0 Å². The van der Waals surface area contributed by atoms with Crippen LogP contribution in [0.1, 0.15) is 5.01 Å². The minimum atomic E-state index is -3.53. The minimum absolute atomic E-state index is 0.197. The van der Waals surface area contributed by atoms with Gasteiger partial charge in [-0.05, 0) is 34.1 Å². The maximum absolute atomic E-state index is 12.1. The summed E-state index contributed by atoms with van der Waals surface area (Å²) in [7, 11) is -3.53. The highest BCUT2D eigenvalue weighted by Crippen LogP contribution is 2.25. The topological polar surface area (TPSA) is 59.1 Å². The molecule has 0 unspecified atom stereocenters. The van der Waals surface area contributed by atoms with E-state index in [0.29, 0.717) is 4.47 Å². The molecule has 0 atom stereocenters. The zero-order valence-electron chi connectivity index (χ0n) is 8.93. The van der Waals surface area contributed by atoms with Gasteiger partial charge in [0.05, 0.1) is 11.4 Å². The number of nitrogens with one attached hydrogen (secondary N) is 1. The number of hydrogen-bond acceptors (Lipinski definition) is 4. The summed E-state index contributed by atoms with van der Waals surface area (Å²) < 4.78 is 28.0. The van der Waals surface area contributed by atoms with Crippen LogP contribution in [-0.2, 0) is 16.6 Å². The van der Waals surface area contributed by atoms with Crippen LogP contribution in [0.25, 0.3) is 0 Å². The Morgan fingerprint density at radius 3 is 2.72 bits per heavy atom. The maximum Gasteiger partial charge on any atom is 0.242 e. The average molecular weight is 412 g/mol. The van der Waals surface area contributed by atoms with Gasteiger partial charge in [0.25, 0.3) is 0 Å². The summed E-state index contributed by atoms with van der Waals surface area (Å²) >= 11 is 7.93. The molecule has 1 aromatic heterocycles. The molecule has 0 radical (unpaired) electrons. The average Bonchev–Trinajstić information content (AvgIpc) is 2.78. The molecule has 0 bridgehead atoms. The van der Waals surface area contributed by atoms with Crippen LogP contribution < -0.4 is 4.72 Å². The predicted molar refractivity (Wildman–Crippen MR) is 78.0 cm³/mol. The molecule has 2 rings (SSSR count). The van der Waals surface area contributed by atoms with Gasteiger partial charge in [0.1, 0.15) is 5.01 Å². The van der Waals surface area contributed by atoms with Crippen LogP contribution in [0, 0.1) is 0 Å². The highest BCUT2D eigenvalue weighted by Gasteiger charge is 2.17. The van der Waals surface area contributed by atoms with E-state index in [1.807, 2.05) is 0 Å². The van der Waals surface area contributed by atoms with Gasteiger partial charge >= 0.3 is 0 Å². The predicted octanol–water partition coefficient (Wildman–Crippen LogP) is 3.15. The van der Waals surface area contributed by atoms with Crippen molar-refractivity contribution >= 4 is 53.2 Å². The van der Waals surface area contributed by atoms with Crippen molar-refractivity contribution in [2.45, 2.75) is 11.4 Å². The lowest BCUT2D eigenvalue weighted by Crippen LogP contribution is -2.23. The number of sulfonamides is 1. The molecule has 2 aromatic rings. The third kappa shape index (κ3) is 3.39. The number of rotatable bonds is 4. The second-order valence-electron chi connectivity index (χ2n) is 3.33. The van der Waals surface area contributed by atoms with E-state index in [0.717, 1.165) is 9.48 Å². The zero-order chi connectivity index (χ0) is 13.2. The summed E-state index contributed by atoms with van der Waals surface area (Å²) in [6.07, 6.45) is 1.64. The smallest absolute Gasteiger partial charge is 0.242 e. The summed E-state index contributed by atoms with van der Waals surface area (Å²) in [6.45, 7) is 0.197. The minimum Gasteiger partial charge on any atom is -0.248 e. The van der Waals surface area contributed by atoms with E-state index in [1.165, 1.54) is 11.3 Å². The molecule has 0 aliphatic carbocycles. The first kappa shape index (κ1) is 14.1. The second kappa shape index (κ2) is 5.79.